The highest BCUT2D eigenvalue weighted by molar-refractivity contribution is 5.89. The minimum absolute atomic E-state index is 0.0870. The van der Waals surface area contributed by atoms with E-state index in [0.717, 1.165) is 24.8 Å². The molecule has 1 aliphatic rings. The average Bonchev–Trinajstić information content (AvgIpc) is 2.65. The van der Waals surface area contributed by atoms with Crippen molar-refractivity contribution >= 4 is 18.0 Å². The monoisotopic (exact) mass is 390 g/mol. The first kappa shape index (κ1) is 21.7. The van der Waals surface area contributed by atoms with Gasteiger partial charge in [0, 0.05) is 13.1 Å². The van der Waals surface area contributed by atoms with Crippen molar-refractivity contribution in [3.8, 4) is 0 Å². The number of benzene rings is 1. The summed E-state index contributed by atoms with van der Waals surface area (Å²) in [5, 5.41) is 2.55. The van der Waals surface area contributed by atoms with Crippen molar-refractivity contribution in [1.82, 2.24) is 10.2 Å². The standard InChI is InChI=1S/C21H30N2O5/c1-21(2,3)28-18(24)14-17(19(25)23-12-8-5-9-13-23)22-20(26)27-15-16-10-6-4-7-11-16/h4,6-7,10-11,17H,5,8-9,12-15H2,1-3H3,(H,22,26)/t17-/m0/s1. The van der Waals surface area contributed by atoms with Crippen LogP contribution in [0.3, 0.4) is 0 Å². The number of amides is 2. The molecule has 0 unspecified atom stereocenters. The Kier molecular flexibility index (Phi) is 7.84. The van der Waals surface area contributed by atoms with Crippen molar-refractivity contribution in [3.63, 3.8) is 0 Å². The van der Waals surface area contributed by atoms with Gasteiger partial charge in [0.1, 0.15) is 18.2 Å². The predicted molar refractivity (Wildman–Crippen MR) is 104 cm³/mol. The molecule has 154 valence electrons. The highest BCUT2D eigenvalue weighted by atomic mass is 16.6. The molecule has 28 heavy (non-hydrogen) atoms. The van der Waals surface area contributed by atoms with Crippen LogP contribution < -0.4 is 5.32 Å². The van der Waals surface area contributed by atoms with E-state index >= 15 is 0 Å². The molecule has 2 amide bonds. The van der Waals surface area contributed by atoms with E-state index in [4.69, 9.17) is 9.47 Å². The summed E-state index contributed by atoms with van der Waals surface area (Å²) >= 11 is 0. The Labute approximate surface area is 166 Å². The molecule has 2 rings (SSSR count). The van der Waals surface area contributed by atoms with Crippen LogP contribution in [-0.2, 0) is 25.7 Å². The summed E-state index contributed by atoms with van der Waals surface area (Å²) < 4.78 is 10.5. The zero-order chi connectivity index (χ0) is 20.6. The molecule has 1 atom stereocenters. The number of hydrogen-bond acceptors (Lipinski definition) is 5. The molecule has 1 aliphatic heterocycles. The van der Waals surface area contributed by atoms with Gasteiger partial charge in [0.2, 0.25) is 5.91 Å². The molecule has 0 aromatic heterocycles. The van der Waals surface area contributed by atoms with Crippen molar-refractivity contribution in [3.05, 3.63) is 35.9 Å². The highest BCUT2D eigenvalue weighted by Crippen LogP contribution is 2.14. The van der Waals surface area contributed by atoms with E-state index in [2.05, 4.69) is 5.32 Å². The number of nitrogens with zero attached hydrogens (tertiary/aromatic N) is 1. The number of carbonyl (C=O) groups is 3. The molecule has 1 aromatic rings. The minimum Gasteiger partial charge on any atom is -0.460 e. The number of esters is 1. The lowest BCUT2D eigenvalue weighted by Crippen LogP contribution is -2.51. The van der Waals surface area contributed by atoms with Gasteiger partial charge in [-0.1, -0.05) is 30.3 Å². The third-order valence-electron chi connectivity index (χ3n) is 4.26. The van der Waals surface area contributed by atoms with E-state index in [9.17, 15) is 14.4 Å². The van der Waals surface area contributed by atoms with Crippen LogP contribution in [0.25, 0.3) is 0 Å². The largest absolute Gasteiger partial charge is 0.460 e. The van der Waals surface area contributed by atoms with Crippen molar-refractivity contribution < 1.29 is 23.9 Å². The molecule has 1 saturated heterocycles. The first-order valence-corrected chi connectivity index (χ1v) is 9.72. The Balaban J connectivity index is 1.98. The Morgan fingerprint density at radius 1 is 1.07 bits per heavy atom. The maximum atomic E-state index is 12.9. The van der Waals surface area contributed by atoms with Crippen molar-refractivity contribution in [2.75, 3.05) is 13.1 Å². The Hall–Kier alpha value is -2.57. The number of hydrogen-bond donors (Lipinski definition) is 1. The van der Waals surface area contributed by atoms with Gasteiger partial charge < -0.3 is 19.7 Å². The second-order valence-electron chi connectivity index (χ2n) is 7.94. The summed E-state index contributed by atoms with van der Waals surface area (Å²) in [5.41, 5.74) is 0.174. The van der Waals surface area contributed by atoms with Crippen LogP contribution in [-0.4, -0.2) is 47.6 Å². The fourth-order valence-corrected chi connectivity index (χ4v) is 2.99. The molecular weight excluding hydrogens is 360 g/mol. The van der Waals surface area contributed by atoms with Crippen LogP contribution in [0.5, 0.6) is 0 Å². The molecule has 1 heterocycles. The topological polar surface area (TPSA) is 84.9 Å². The molecule has 1 N–H and O–H groups in total. The normalized spacial score (nSPS) is 15.5. The van der Waals surface area contributed by atoms with E-state index in [0.29, 0.717) is 13.1 Å². The number of piperidine rings is 1. The van der Waals surface area contributed by atoms with Gasteiger partial charge in [-0.05, 0) is 45.6 Å². The number of ether oxygens (including phenoxy) is 2. The second kappa shape index (κ2) is 10.1. The van der Waals surface area contributed by atoms with Crippen LogP contribution in [0.2, 0.25) is 0 Å². The van der Waals surface area contributed by atoms with Gasteiger partial charge in [-0.3, -0.25) is 9.59 Å². The van der Waals surface area contributed by atoms with Crippen molar-refractivity contribution in [2.24, 2.45) is 0 Å². The summed E-state index contributed by atoms with van der Waals surface area (Å²) in [4.78, 5) is 39.0. The fourth-order valence-electron chi connectivity index (χ4n) is 2.99. The van der Waals surface area contributed by atoms with E-state index < -0.39 is 23.7 Å². The number of carbonyl (C=O) groups excluding carboxylic acids is 3. The van der Waals surface area contributed by atoms with Gasteiger partial charge in [-0.2, -0.15) is 0 Å². The number of alkyl carbamates (subject to hydrolysis) is 1. The number of likely N-dealkylation sites (tertiary alicyclic amines) is 1. The lowest BCUT2D eigenvalue weighted by atomic mass is 10.1. The smallest absolute Gasteiger partial charge is 0.408 e. The third-order valence-corrected chi connectivity index (χ3v) is 4.26. The van der Waals surface area contributed by atoms with Crippen molar-refractivity contribution in [1.29, 1.82) is 0 Å². The molecule has 0 bridgehead atoms. The molecular formula is C21H30N2O5. The van der Waals surface area contributed by atoms with Crippen molar-refractivity contribution in [2.45, 2.75) is 64.7 Å². The average molecular weight is 390 g/mol. The summed E-state index contributed by atoms with van der Waals surface area (Å²) in [6.45, 7) is 6.62. The van der Waals surface area contributed by atoms with E-state index in [1.807, 2.05) is 30.3 Å². The van der Waals surface area contributed by atoms with Gasteiger partial charge in [-0.25, -0.2) is 4.79 Å². The quantitative estimate of drug-likeness (QED) is 0.755. The molecule has 0 spiro atoms. The maximum Gasteiger partial charge on any atom is 0.408 e. The van der Waals surface area contributed by atoms with Crippen LogP contribution in [0.1, 0.15) is 52.0 Å². The summed E-state index contributed by atoms with van der Waals surface area (Å²) in [6.07, 6.45) is 1.95. The lowest BCUT2D eigenvalue weighted by molar-refractivity contribution is -0.157. The predicted octanol–water partition coefficient (Wildman–Crippen LogP) is 3.03. The zero-order valence-electron chi connectivity index (χ0n) is 16.9. The molecule has 7 nitrogen and oxygen atoms in total. The number of nitrogens with one attached hydrogen (secondary N) is 1. The molecule has 0 radical (unpaired) electrons. The number of rotatable bonds is 6. The molecule has 0 saturated carbocycles. The van der Waals surface area contributed by atoms with E-state index in [-0.39, 0.29) is 18.9 Å². The van der Waals surface area contributed by atoms with Crippen LogP contribution in [0, 0.1) is 0 Å². The summed E-state index contributed by atoms with van der Waals surface area (Å²) in [7, 11) is 0. The lowest BCUT2D eigenvalue weighted by Gasteiger charge is -2.30. The Morgan fingerprint density at radius 3 is 2.32 bits per heavy atom. The van der Waals surface area contributed by atoms with Gasteiger partial charge >= 0.3 is 12.1 Å². The van der Waals surface area contributed by atoms with Crippen LogP contribution in [0.4, 0.5) is 4.79 Å². The maximum absolute atomic E-state index is 12.9. The first-order chi connectivity index (χ1) is 13.2. The zero-order valence-corrected chi connectivity index (χ0v) is 16.9. The SMILES string of the molecule is CC(C)(C)OC(=O)C[C@H](NC(=O)OCc1ccccc1)C(=O)N1CCCCC1. The third kappa shape index (κ3) is 7.58. The summed E-state index contributed by atoms with van der Waals surface area (Å²) in [5.74, 6) is -0.812. The van der Waals surface area contributed by atoms with E-state index in [1.165, 1.54) is 0 Å². The molecule has 1 aromatic carbocycles. The van der Waals surface area contributed by atoms with E-state index in [1.54, 1.807) is 25.7 Å². The van der Waals surface area contributed by atoms with Gasteiger partial charge in [0.25, 0.3) is 0 Å². The molecule has 7 heteroatoms. The fraction of sp³-hybridized carbons (Fsp3) is 0.571. The summed E-state index contributed by atoms with van der Waals surface area (Å²) in [6, 6.07) is 8.24. The minimum atomic E-state index is -1.00. The van der Waals surface area contributed by atoms with Crippen LogP contribution in [0.15, 0.2) is 30.3 Å². The molecule has 1 fully saturated rings. The highest BCUT2D eigenvalue weighted by Gasteiger charge is 2.31. The first-order valence-electron chi connectivity index (χ1n) is 9.72. The van der Waals surface area contributed by atoms with Gasteiger partial charge in [0.05, 0.1) is 6.42 Å². The Morgan fingerprint density at radius 2 is 1.71 bits per heavy atom. The van der Waals surface area contributed by atoms with Gasteiger partial charge in [-0.15, -0.1) is 0 Å². The van der Waals surface area contributed by atoms with Gasteiger partial charge in [0.15, 0.2) is 0 Å². The second-order valence-corrected chi connectivity index (χ2v) is 7.94. The molecule has 0 aliphatic carbocycles. The van der Waals surface area contributed by atoms with Crippen LogP contribution >= 0.6 is 0 Å². The Bertz CT molecular complexity index is 663.